The molecule has 2 atom stereocenters. The van der Waals surface area contributed by atoms with Crippen molar-refractivity contribution in [2.24, 2.45) is 4.99 Å². The first-order valence-corrected chi connectivity index (χ1v) is 8.77. The molecule has 0 aromatic heterocycles. The van der Waals surface area contributed by atoms with Crippen LogP contribution in [0.15, 0.2) is 4.99 Å². The Morgan fingerprint density at radius 3 is 2.74 bits per heavy atom. The van der Waals surface area contributed by atoms with Crippen LogP contribution in [0.5, 0.6) is 0 Å². The van der Waals surface area contributed by atoms with Crippen LogP contribution in [0.2, 0.25) is 0 Å². The smallest absolute Gasteiger partial charge is 0.241 e. The molecule has 0 saturated carbocycles. The van der Waals surface area contributed by atoms with E-state index in [2.05, 4.69) is 20.5 Å². The van der Waals surface area contributed by atoms with Gasteiger partial charge in [-0.1, -0.05) is 6.92 Å². The second-order valence-electron chi connectivity index (χ2n) is 5.93. The van der Waals surface area contributed by atoms with E-state index in [9.17, 15) is 4.79 Å². The fourth-order valence-electron chi connectivity index (χ4n) is 2.88. The SMILES string of the molecule is CCCNC(=O)CN=C(NCC)N1CCOC(C2CCCO2)C1. The van der Waals surface area contributed by atoms with E-state index < -0.39 is 0 Å². The number of nitrogens with one attached hydrogen (secondary N) is 2. The van der Waals surface area contributed by atoms with Crippen molar-refractivity contribution < 1.29 is 14.3 Å². The van der Waals surface area contributed by atoms with Gasteiger partial charge in [-0.05, 0) is 26.2 Å². The van der Waals surface area contributed by atoms with Crippen molar-refractivity contribution in [2.75, 3.05) is 45.9 Å². The first kappa shape index (κ1) is 18.0. The highest BCUT2D eigenvalue weighted by atomic mass is 16.5. The zero-order valence-corrected chi connectivity index (χ0v) is 14.3. The van der Waals surface area contributed by atoms with Gasteiger partial charge in [0.2, 0.25) is 5.91 Å². The normalized spacial score (nSPS) is 25.5. The minimum absolute atomic E-state index is 0.0359. The third-order valence-corrected chi connectivity index (χ3v) is 4.05. The van der Waals surface area contributed by atoms with Gasteiger partial charge in [-0.15, -0.1) is 0 Å². The standard InChI is InChI=1S/C16H30N4O3/c1-3-7-18-15(21)11-19-16(17-4-2)20-8-10-23-14(12-20)13-6-5-9-22-13/h13-14H,3-12H2,1-2H3,(H,17,19)(H,18,21). The summed E-state index contributed by atoms with van der Waals surface area (Å²) in [6, 6.07) is 0. The Morgan fingerprint density at radius 2 is 2.04 bits per heavy atom. The molecule has 0 radical (unpaired) electrons. The maximum atomic E-state index is 11.8. The van der Waals surface area contributed by atoms with E-state index >= 15 is 0 Å². The van der Waals surface area contributed by atoms with Gasteiger partial charge in [0, 0.05) is 32.8 Å². The molecule has 0 spiro atoms. The van der Waals surface area contributed by atoms with Crippen LogP contribution in [0, 0.1) is 0 Å². The lowest BCUT2D eigenvalue weighted by Gasteiger charge is -2.37. The van der Waals surface area contributed by atoms with Crippen LogP contribution >= 0.6 is 0 Å². The zero-order chi connectivity index (χ0) is 16.5. The Kier molecular flexibility index (Phi) is 7.61. The van der Waals surface area contributed by atoms with Gasteiger partial charge in [-0.2, -0.15) is 0 Å². The molecule has 7 nitrogen and oxygen atoms in total. The maximum absolute atomic E-state index is 11.8. The monoisotopic (exact) mass is 326 g/mol. The number of ether oxygens (including phenoxy) is 2. The van der Waals surface area contributed by atoms with E-state index in [-0.39, 0.29) is 24.7 Å². The predicted molar refractivity (Wildman–Crippen MR) is 89.6 cm³/mol. The minimum atomic E-state index is -0.0359. The third kappa shape index (κ3) is 5.66. The molecule has 0 bridgehead atoms. The fraction of sp³-hybridized carbons (Fsp3) is 0.875. The first-order valence-electron chi connectivity index (χ1n) is 8.77. The summed E-state index contributed by atoms with van der Waals surface area (Å²) in [7, 11) is 0. The van der Waals surface area contributed by atoms with Gasteiger partial charge >= 0.3 is 0 Å². The quantitative estimate of drug-likeness (QED) is 0.544. The van der Waals surface area contributed by atoms with E-state index in [1.807, 2.05) is 13.8 Å². The van der Waals surface area contributed by atoms with Crippen LogP contribution in [-0.4, -0.2) is 74.9 Å². The van der Waals surface area contributed by atoms with Gasteiger partial charge < -0.3 is 25.0 Å². The summed E-state index contributed by atoms with van der Waals surface area (Å²) in [5, 5.41) is 6.12. The van der Waals surface area contributed by atoms with Crippen molar-refractivity contribution in [1.29, 1.82) is 0 Å². The largest absolute Gasteiger partial charge is 0.375 e. The number of hydrogen-bond acceptors (Lipinski definition) is 4. The molecule has 0 aromatic carbocycles. The van der Waals surface area contributed by atoms with Gasteiger partial charge in [-0.3, -0.25) is 4.79 Å². The third-order valence-electron chi connectivity index (χ3n) is 4.05. The Labute approximate surface area is 138 Å². The predicted octanol–water partition coefficient (Wildman–Crippen LogP) is 0.358. The average Bonchev–Trinajstić information content (AvgIpc) is 3.11. The number of morpholine rings is 1. The molecule has 2 aliphatic rings. The fourth-order valence-corrected chi connectivity index (χ4v) is 2.88. The first-order chi connectivity index (χ1) is 11.2. The van der Waals surface area contributed by atoms with E-state index in [0.29, 0.717) is 13.2 Å². The molecule has 2 fully saturated rings. The lowest BCUT2D eigenvalue weighted by Crippen LogP contribution is -2.53. The summed E-state index contributed by atoms with van der Waals surface area (Å²) >= 11 is 0. The lowest BCUT2D eigenvalue weighted by atomic mass is 10.1. The number of aliphatic imine (C=N–C) groups is 1. The molecule has 0 aromatic rings. The number of carbonyl (C=O) groups is 1. The Morgan fingerprint density at radius 1 is 1.22 bits per heavy atom. The molecule has 2 saturated heterocycles. The summed E-state index contributed by atoms with van der Waals surface area (Å²) in [5.41, 5.74) is 0. The van der Waals surface area contributed by atoms with Crippen LogP contribution in [0.25, 0.3) is 0 Å². The van der Waals surface area contributed by atoms with Gasteiger partial charge in [0.15, 0.2) is 5.96 Å². The molecule has 0 aliphatic carbocycles. The number of hydrogen-bond donors (Lipinski definition) is 2. The van der Waals surface area contributed by atoms with Crippen molar-refractivity contribution in [2.45, 2.75) is 45.3 Å². The van der Waals surface area contributed by atoms with E-state index in [1.165, 1.54) is 0 Å². The van der Waals surface area contributed by atoms with Crippen LogP contribution in [0.4, 0.5) is 0 Å². The average molecular weight is 326 g/mol. The Hall–Kier alpha value is -1.34. The molecule has 23 heavy (non-hydrogen) atoms. The van der Waals surface area contributed by atoms with Gasteiger partial charge in [0.1, 0.15) is 12.6 Å². The van der Waals surface area contributed by atoms with Crippen LogP contribution in [-0.2, 0) is 14.3 Å². The summed E-state index contributed by atoms with van der Waals surface area (Å²) < 4.78 is 11.6. The number of rotatable bonds is 6. The molecule has 1 amide bonds. The van der Waals surface area contributed by atoms with Crippen molar-refractivity contribution in [3.63, 3.8) is 0 Å². The molecule has 2 heterocycles. The Balaban J connectivity index is 1.91. The molecule has 132 valence electrons. The second kappa shape index (κ2) is 9.72. The molecule has 2 N–H and O–H groups in total. The second-order valence-corrected chi connectivity index (χ2v) is 5.93. The number of nitrogens with zero attached hydrogens (tertiary/aromatic N) is 2. The molecule has 2 rings (SSSR count). The number of carbonyl (C=O) groups excluding carboxylic acids is 1. The van der Waals surface area contributed by atoms with Gasteiger partial charge in [-0.25, -0.2) is 4.99 Å². The van der Waals surface area contributed by atoms with Gasteiger partial charge in [0.05, 0.1) is 12.7 Å². The zero-order valence-electron chi connectivity index (χ0n) is 14.3. The number of guanidine groups is 1. The summed E-state index contributed by atoms with van der Waals surface area (Å²) in [6.45, 7) is 8.73. The summed E-state index contributed by atoms with van der Waals surface area (Å²) in [6.07, 6.45) is 3.38. The number of amides is 1. The summed E-state index contributed by atoms with van der Waals surface area (Å²) in [4.78, 5) is 18.4. The highest BCUT2D eigenvalue weighted by Crippen LogP contribution is 2.20. The van der Waals surface area contributed by atoms with Crippen molar-refractivity contribution in [3.8, 4) is 0 Å². The van der Waals surface area contributed by atoms with Crippen molar-refractivity contribution in [1.82, 2.24) is 15.5 Å². The van der Waals surface area contributed by atoms with Crippen molar-refractivity contribution >= 4 is 11.9 Å². The van der Waals surface area contributed by atoms with E-state index in [1.54, 1.807) is 0 Å². The highest BCUT2D eigenvalue weighted by Gasteiger charge is 2.32. The van der Waals surface area contributed by atoms with Gasteiger partial charge in [0.25, 0.3) is 0 Å². The van der Waals surface area contributed by atoms with Crippen LogP contribution in [0.1, 0.15) is 33.1 Å². The van der Waals surface area contributed by atoms with Crippen molar-refractivity contribution in [3.05, 3.63) is 0 Å². The highest BCUT2D eigenvalue weighted by molar-refractivity contribution is 5.85. The minimum Gasteiger partial charge on any atom is -0.375 e. The topological polar surface area (TPSA) is 75.2 Å². The molecular formula is C16H30N4O3. The van der Waals surface area contributed by atoms with Crippen LogP contribution < -0.4 is 10.6 Å². The maximum Gasteiger partial charge on any atom is 0.241 e. The molecule has 7 heteroatoms. The molecular weight excluding hydrogens is 296 g/mol. The molecule has 2 aliphatic heterocycles. The Bertz CT molecular complexity index is 397. The lowest BCUT2D eigenvalue weighted by molar-refractivity contribution is -0.119. The molecule has 2 unspecified atom stereocenters. The van der Waals surface area contributed by atoms with E-state index in [0.717, 1.165) is 51.5 Å². The summed E-state index contributed by atoms with van der Waals surface area (Å²) in [5.74, 6) is 0.747. The van der Waals surface area contributed by atoms with Crippen LogP contribution in [0.3, 0.4) is 0 Å². The van der Waals surface area contributed by atoms with E-state index in [4.69, 9.17) is 9.47 Å².